The van der Waals surface area contributed by atoms with E-state index in [0.29, 0.717) is 0 Å². The van der Waals surface area contributed by atoms with Crippen LogP contribution in [0.2, 0.25) is 5.02 Å². The summed E-state index contributed by atoms with van der Waals surface area (Å²) in [6.07, 6.45) is -3.52. The van der Waals surface area contributed by atoms with Crippen LogP contribution < -0.4 is 16.0 Å². The van der Waals surface area contributed by atoms with E-state index in [4.69, 9.17) is 16.0 Å². The van der Waals surface area contributed by atoms with E-state index in [2.05, 4.69) is 16.0 Å². The highest BCUT2D eigenvalue weighted by Crippen LogP contribution is 2.36. The fourth-order valence-corrected chi connectivity index (χ4v) is 2.75. The van der Waals surface area contributed by atoms with Crippen LogP contribution in [0.3, 0.4) is 0 Å². The molecule has 1 heterocycles. The van der Waals surface area contributed by atoms with Crippen molar-refractivity contribution in [1.29, 1.82) is 0 Å². The van der Waals surface area contributed by atoms with Gasteiger partial charge in [0.2, 0.25) is 5.91 Å². The Morgan fingerprint density at radius 3 is 2.45 bits per heavy atom. The number of anilines is 3. The first-order chi connectivity index (χ1) is 14.6. The zero-order valence-corrected chi connectivity index (χ0v) is 16.3. The normalized spacial score (nSPS) is 11.1. The third-order valence-electron chi connectivity index (χ3n) is 3.97. The molecule has 0 aliphatic carbocycles. The van der Waals surface area contributed by atoms with Crippen LogP contribution in [-0.4, -0.2) is 18.4 Å². The van der Waals surface area contributed by atoms with Crippen molar-refractivity contribution in [2.75, 3.05) is 22.5 Å². The Hall–Kier alpha value is -3.53. The van der Waals surface area contributed by atoms with Crippen molar-refractivity contribution in [3.63, 3.8) is 0 Å². The zero-order valence-electron chi connectivity index (χ0n) is 15.5. The standard InChI is InChI=1S/C20H14ClF4N3O3/c21-11-3-5-14(22)16(8-11)28-18(29)10-26-15-6-4-12(9-13(15)20(23,24)25)27-19(30)17-2-1-7-31-17/h1-9,26H,10H2,(H,27,30)(H,28,29). The van der Waals surface area contributed by atoms with Crippen LogP contribution in [0.1, 0.15) is 16.1 Å². The van der Waals surface area contributed by atoms with Gasteiger partial charge in [0.15, 0.2) is 5.76 Å². The monoisotopic (exact) mass is 455 g/mol. The number of carbonyl (C=O) groups excluding carboxylic acids is 2. The third kappa shape index (κ3) is 5.76. The summed E-state index contributed by atoms with van der Waals surface area (Å²) in [5.41, 5.74) is -1.83. The molecule has 0 saturated carbocycles. The van der Waals surface area contributed by atoms with Crippen molar-refractivity contribution in [2.24, 2.45) is 0 Å². The largest absolute Gasteiger partial charge is 0.459 e. The van der Waals surface area contributed by atoms with Gasteiger partial charge in [-0.05, 0) is 48.5 Å². The quantitative estimate of drug-likeness (QED) is 0.435. The predicted molar refractivity (Wildman–Crippen MR) is 107 cm³/mol. The van der Waals surface area contributed by atoms with Crippen molar-refractivity contribution < 1.29 is 31.6 Å². The van der Waals surface area contributed by atoms with Crippen molar-refractivity contribution >= 4 is 40.5 Å². The maximum atomic E-state index is 13.7. The number of hydrogen-bond acceptors (Lipinski definition) is 4. The first-order valence-electron chi connectivity index (χ1n) is 8.68. The van der Waals surface area contributed by atoms with E-state index in [-0.39, 0.29) is 22.2 Å². The fraction of sp³-hybridized carbons (Fsp3) is 0.100. The molecule has 1 aromatic heterocycles. The van der Waals surface area contributed by atoms with Gasteiger partial charge in [0, 0.05) is 16.4 Å². The highest BCUT2D eigenvalue weighted by Gasteiger charge is 2.34. The second-order valence-corrected chi connectivity index (χ2v) is 6.65. The van der Waals surface area contributed by atoms with E-state index in [1.54, 1.807) is 0 Å². The number of alkyl halides is 3. The molecule has 0 saturated heterocycles. The lowest BCUT2D eigenvalue weighted by Crippen LogP contribution is -2.23. The molecule has 0 atom stereocenters. The fourth-order valence-electron chi connectivity index (χ4n) is 2.57. The number of amides is 2. The molecule has 6 nitrogen and oxygen atoms in total. The van der Waals surface area contributed by atoms with Crippen LogP contribution in [-0.2, 0) is 11.0 Å². The molecule has 2 aromatic carbocycles. The van der Waals surface area contributed by atoms with Gasteiger partial charge in [-0.1, -0.05) is 11.6 Å². The maximum Gasteiger partial charge on any atom is 0.418 e. The number of hydrogen-bond donors (Lipinski definition) is 3. The summed E-state index contributed by atoms with van der Waals surface area (Å²) in [4.78, 5) is 24.0. The Labute approximate surface area is 178 Å². The Kier molecular flexibility index (Phi) is 6.50. The summed E-state index contributed by atoms with van der Waals surface area (Å²) in [6, 6.07) is 9.33. The number of halogens is 5. The summed E-state index contributed by atoms with van der Waals surface area (Å²) >= 11 is 5.73. The Morgan fingerprint density at radius 1 is 1.00 bits per heavy atom. The predicted octanol–water partition coefficient (Wildman–Crippen LogP) is 5.39. The van der Waals surface area contributed by atoms with Gasteiger partial charge in [-0.3, -0.25) is 9.59 Å². The molecule has 2 amide bonds. The zero-order chi connectivity index (χ0) is 22.6. The van der Waals surface area contributed by atoms with Gasteiger partial charge in [0.1, 0.15) is 5.82 Å². The molecule has 0 unspecified atom stereocenters. The van der Waals surface area contributed by atoms with Gasteiger partial charge < -0.3 is 20.4 Å². The molecule has 0 bridgehead atoms. The van der Waals surface area contributed by atoms with Gasteiger partial charge >= 0.3 is 6.18 Å². The summed E-state index contributed by atoms with van der Waals surface area (Å²) in [6.45, 7) is -0.576. The topological polar surface area (TPSA) is 83.4 Å². The lowest BCUT2D eigenvalue weighted by atomic mass is 10.1. The van der Waals surface area contributed by atoms with Crippen LogP contribution in [0, 0.1) is 5.82 Å². The number of rotatable bonds is 6. The van der Waals surface area contributed by atoms with Crippen LogP contribution in [0.5, 0.6) is 0 Å². The van der Waals surface area contributed by atoms with E-state index in [1.165, 1.54) is 36.6 Å². The maximum absolute atomic E-state index is 13.7. The lowest BCUT2D eigenvalue weighted by Gasteiger charge is -2.16. The van der Waals surface area contributed by atoms with Crippen LogP contribution in [0.15, 0.2) is 59.2 Å². The van der Waals surface area contributed by atoms with Crippen LogP contribution in [0.4, 0.5) is 34.6 Å². The molecule has 11 heteroatoms. The molecular weight excluding hydrogens is 442 g/mol. The smallest absolute Gasteiger partial charge is 0.418 e. The molecule has 0 aliphatic heterocycles. The second-order valence-electron chi connectivity index (χ2n) is 6.22. The number of benzene rings is 2. The Morgan fingerprint density at radius 2 is 1.77 bits per heavy atom. The Bertz CT molecular complexity index is 1100. The second kappa shape index (κ2) is 9.09. The van der Waals surface area contributed by atoms with Crippen molar-refractivity contribution in [1.82, 2.24) is 0 Å². The molecule has 0 aliphatic rings. The highest BCUT2D eigenvalue weighted by atomic mass is 35.5. The van der Waals surface area contributed by atoms with Crippen molar-refractivity contribution in [2.45, 2.75) is 6.18 Å². The minimum atomic E-state index is -4.77. The molecule has 0 radical (unpaired) electrons. The summed E-state index contributed by atoms with van der Waals surface area (Å²) < 4.78 is 59.0. The molecule has 0 spiro atoms. The van der Waals surface area contributed by atoms with Gasteiger partial charge in [-0.2, -0.15) is 13.2 Å². The molecule has 3 N–H and O–H groups in total. The third-order valence-corrected chi connectivity index (χ3v) is 4.20. The number of carbonyl (C=O) groups is 2. The van der Waals surface area contributed by atoms with Gasteiger partial charge in [0.25, 0.3) is 5.91 Å². The van der Waals surface area contributed by atoms with E-state index in [1.807, 2.05) is 0 Å². The average molecular weight is 456 g/mol. The minimum Gasteiger partial charge on any atom is -0.459 e. The Balaban J connectivity index is 1.72. The lowest BCUT2D eigenvalue weighted by molar-refractivity contribution is -0.137. The summed E-state index contributed by atoms with van der Waals surface area (Å²) in [5, 5.41) is 7.06. The van der Waals surface area contributed by atoms with E-state index in [0.717, 1.165) is 18.2 Å². The van der Waals surface area contributed by atoms with E-state index < -0.39 is 41.6 Å². The van der Waals surface area contributed by atoms with Gasteiger partial charge in [-0.25, -0.2) is 4.39 Å². The SMILES string of the molecule is O=C(CNc1ccc(NC(=O)c2ccco2)cc1C(F)(F)F)Nc1cc(Cl)ccc1F. The van der Waals surface area contributed by atoms with Gasteiger partial charge in [0.05, 0.1) is 24.1 Å². The molecule has 0 fully saturated rings. The molecule has 3 aromatic rings. The summed E-state index contributed by atoms with van der Waals surface area (Å²) in [7, 11) is 0. The number of furan rings is 1. The van der Waals surface area contributed by atoms with Crippen molar-refractivity contribution in [3.05, 3.63) is 77.0 Å². The highest BCUT2D eigenvalue weighted by molar-refractivity contribution is 6.30. The van der Waals surface area contributed by atoms with E-state index >= 15 is 0 Å². The van der Waals surface area contributed by atoms with Crippen LogP contribution in [0.25, 0.3) is 0 Å². The minimum absolute atomic E-state index is 0.0688. The van der Waals surface area contributed by atoms with Crippen LogP contribution >= 0.6 is 11.6 Å². The molecule has 162 valence electrons. The molecule has 31 heavy (non-hydrogen) atoms. The first-order valence-corrected chi connectivity index (χ1v) is 9.06. The van der Waals surface area contributed by atoms with Crippen molar-refractivity contribution in [3.8, 4) is 0 Å². The molecule has 3 rings (SSSR count). The summed E-state index contributed by atoms with van der Waals surface area (Å²) in [5.74, 6) is -2.32. The first kappa shape index (κ1) is 22.2. The van der Waals surface area contributed by atoms with E-state index in [9.17, 15) is 27.2 Å². The average Bonchev–Trinajstić information content (AvgIpc) is 3.24. The molecular formula is C20H14ClF4N3O3. The van der Waals surface area contributed by atoms with Gasteiger partial charge in [-0.15, -0.1) is 0 Å². The number of nitrogens with one attached hydrogen (secondary N) is 3.